The molecule has 6 rings (SSSR count). The second-order valence-corrected chi connectivity index (χ2v) is 10.9. The third-order valence-corrected chi connectivity index (χ3v) is 8.33. The molecule has 0 saturated carbocycles. The van der Waals surface area contributed by atoms with Crippen LogP contribution in [0, 0.1) is 0 Å². The summed E-state index contributed by atoms with van der Waals surface area (Å²) in [5, 5.41) is 5.45. The van der Waals surface area contributed by atoms with E-state index in [0.29, 0.717) is 5.02 Å². The molecule has 5 heteroatoms. The Bertz CT molecular complexity index is 1420. The zero-order chi connectivity index (χ0) is 27.2. The molecule has 0 aliphatic carbocycles. The average Bonchev–Trinajstić information content (AvgIpc) is 3.02. The number of halogens is 1. The van der Waals surface area contributed by atoms with Gasteiger partial charge in [-0.05, 0) is 53.9 Å². The van der Waals surface area contributed by atoms with Crippen LogP contribution in [0.4, 0.5) is 5.69 Å². The maximum Gasteiger partial charge on any atom is 0.0973 e. The molecule has 1 aliphatic heterocycles. The smallest absolute Gasteiger partial charge is 0.0973 e. The summed E-state index contributed by atoms with van der Waals surface area (Å²) >= 11 is 6.16. The van der Waals surface area contributed by atoms with E-state index >= 15 is 0 Å². The number of aromatic nitrogens is 1. The second-order valence-electron chi connectivity index (χ2n) is 10.4. The molecule has 4 nitrogen and oxygen atoms in total. The van der Waals surface area contributed by atoms with Crippen molar-refractivity contribution in [2.75, 3.05) is 44.6 Å². The Balaban J connectivity index is 1.16. The van der Waals surface area contributed by atoms with Crippen LogP contribution in [0.3, 0.4) is 0 Å². The summed E-state index contributed by atoms with van der Waals surface area (Å²) in [4.78, 5) is 9.76. The lowest BCUT2D eigenvalue weighted by Crippen LogP contribution is -2.56. The largest absolute Gasteiger partial charge is 0.384 e. The SMILES string of the molecule is Clc1ccc2c(NCCCN3CCN(C(c4ccccc4)(c4ccccc4)c4ccccc4)CC3)ccnc2c1. The van der Waals surface area contributed by atoms with E-state index in [1.165, 1.54) is 16.7 Å². The maximum atomic E-state index is 6.16. The molecule has 2 heterocycles. The van der Waals surface area contributed by atoms with Crippen LogP contribution in [-0.4, -0.2) is 54.1 Å². The van der Waals surface area contributed by atoms with Gasteiger partial charge >= 0.3 is 0 Å². The molecule has 1 aliphatic rings. The van der Waals surface area contributed by atoms with Crippen molar-refractivity contribution in [1.82, 2.24) is 14.8 Å². The topological polar surface area (TPSA) is 31.4 Å². The van der Waals surface area contributed by atoms with Crippen LogP contribution in [0.5, 0.6) is 0 Å². The van der Waals surface area contributed by atoms with Crippen LogP contribution in [0.15, 0.2) is 121 Å². The van der Waals surface area contributed by atoms with E-state index in [1.807, 2.05) is 30.5 Å². The monoisotopic (exact) mass is 546 g/mol. The number of piperazine rings is 1. The standard InChI is InChI=1S/C35H35ClN4/c36-31-17-18-32-33(19-21-38-34(32)27-31)37-20-10-22-39-23-25-40(26-24-39)35(28-11-4-1-5-12-28,29-13-6-2-7-14-29)30-15-8-3-9-16-30/h1-9,11-19,21,27H,10,20,22-26H2,(H,37,38). The van der Waals surface area contributed by atoms with E-state index in [2.05, 4.69) is 111 Å². The van der Waals surface area contributed by atoms with Gasteiger partial charge in [0.25, 0.3) is 0 Å². The highest BCUT2D eigenvalue weighted by atomic mass is 35.5. The van der Waals surface area contributed by atoms with Gasteiger partial charge in [-0.1, -0.05) is 103 Å². The number of hydrogen-bond donors (Lipinski definition) is 1. The fourth-order valence-electron chi connectivity index (χ4n) is 6.19. The number of benzene rings is 4. The first-order chi connectivity index (χ1) is 19.7. The van der Waals surface area contributed by atoms with Gasteiger partial charge in [-0.3, -0.25) is 9.88 Å². The van der Waals surface area contributed by atoms with Gasteiger partial charge in [0.2, 0.25) is 0 Å². The minimum absolute atomic E-state index is 0.331. The summed E-state index contributed by atoms with van der Waals surface area (Å²) in [5.74, 6) is 0. The third-order valence-electron chi connectivity index (χ3n) is 8.09. The number of nitrogens with one attached hydrogen (secondary N) is 1. The number of rotatable bonds is 9. The van der Waals surface area contributed by atoms with Gasteiger partial charge in [0, 0.05) is 55.0 Å². The highest BCUT2D eigenvalue weighted by Crippen LogP contribution is 2.42. The molecule has 0 bridgehead atoms. The first kappa shape index (κ1) is 26.5. The van der Waals surface area contributed by atoms with Gasteiger partial charge in [-0.25, -0.2) is 0 Å². The first-order valence-corrected chi connectivity index (χ1v) is 14.5. The Kier molecular flexibility index (Phi) is 8.10. The number of fused-ring (bicyclic) bond motifs is 1. The molecule has 0 unspecified atom stereocenters. The molecule has 1 saturated heterocycles. The molecule has 4 aromatic carbocycles. The molecule has 1 fully saturated rings. The summed E-state index contributed by atoms with van der Waals surface area (Å²) in [6.45, 7) is 6.09. The molecule has 40 heavy (non-hydrogen) atoms. The first-order valence-electron chi connectivity index (χ1n) is 14.2. The van der Waals surface area contributed by atoms with E-state index in [9.17, 15) is 0 Å². The van der Waals surface area contributed by atoms with Gasteiger partial charge in [-0.15, -0.1) is 0 Å². The minimum atomic E-state index is -0.331. The fourth-order valence-corrected chi connectivity index (χ4v) is 6.36. The Morgan fingerprint density at radius 2 is 1.27 bits per heavy atom. The Morgan fingerprint density at radius 1 is 0.700 bits per heavy atom. The summed E-state index contributed by atoms with van der Waals surface area (Å²) in [5.41, 5.74) is 5.66. The number of pyridine rings is 1. The zero-order valence-electron chi connectivity index (χ0n) is 22.7. The molecule has 1 aromatic heterocycles. The molecule has 0 radical (unpaired) electrons. The quantitative estimate of drug-likeness (QED) is 0.155. The van der Waals surface area contributed by atoms with Crippen LogP contribution in [0.2, 0.25) is 5.02 Å². The van der Waals surface area contributed by atoms with Crippen LogP contribution in [0.25, 0.3) is 10.9 Å². The van der Waals surface area contributed by atoms with Gasteiger partial charge in [0.05, 0.1) is 11.1 Å². The molecule has 0 amide bonds. The molecule has 5 aromatic rings. The lowest BCUT2D eigenvalue weighted by atomic mass is 9.75. The van der Waals surface area contributed by atoms with Crippen LogP contribution < -0.4 is 5.32 Å². The van der Waals surface area contributed by atoms with E-state index in [-0.39, 0.29) is 5.54 Å². The highest BCUT2D eigenvalue weighted by molar-refractivity contribution is 6.31. The molecule has 202 valence electrons. The van der Waals surface area contributed by atoms with Crippen molar-refractivity contribution in [3.05, 3.63) is 143 Å². The lowest BCUT2D eigenvalue weighted by molar-refractivity contribution is 0.0730. The van der Waals surface area contributed by atoms with E-state index < -0.39 is 0 Å². The molecule has 0 atom stereocenters. The number of anilines is 1. The van der Waals surface area contributed by atoms with Crippen molar-refractivity contribution in [3.63, 3.8) is 0 Å². The summed E-state index contributed by atoms with van der Waals surface area (Å²) in [6, 6.07) is 41.0. The van der Waals surface area contributed by atoms with Crippen molar-refractivity contribution in [2.45, 2.75) is 12.0 Å². The van der Waals surface area contributed by atoms with Crippen LogP contribution in [-0.2, 0) is 5.54 Å². The third kappa shape index (κ3) is 5.35. The van der Waals surface area contributed by atoms with Crippen molar-refractivity contribution in [1.29, 1.82) is 0 Å². The predicted octanol–water partition coefficient (Wildman–Crippen LogP) is 7.30. The van der Waals surface area contributed by atoms with Gasteiger partial charge in [-0.2, -0.15) is 0 Å². The Hall–Kier alpha value is -3.70. The van der Waals surface area contributed by atoms with Crippen LogP contribution in [0.1, 0.15) is 23.1 Å². The van der Waals surface area contributed by atoms with Gasteiger partial charge in [0.15, 0.2) is 0 Å². The predicted molar refractivity (Wildman–Crippen MR) is 167 cm³/mol. The van der Waals surface area contributed by atoms with Crippen molar-refractivity contribution in [2.24, 2.45) is 0 Å². The Labute approximate surface area is 242 Å². The summed E-state index contributed by atoms with van der Waals surface area (Å²) < 4.78 is 0. The number of hydrogen-bond acceptors (Lipinski definition) is 4. The maximum absolute atomic E-state index is 6.16. The van der Waals surface area contributed by atoms with Crippen LogP contribution >= 0.6 is 11.6 Å². The summed E-state index contributed by atoms with van der Waals surface area (Å²) in [7, 11) is 0. The van der Waals surface area contributed by atoms with Crippen molar-refractivity contribution in [3.8, 4) is 0 Å². The van der Waals surface area contributed by atoms with E-state index in [0.717, 1.165) is 62.3 Å². The molecular weight excluding hydrogens is 512 g/mol. The molecule has 0 spiro atoms. The van der Waals surface area contributed by atoms with Crippen molar-refractivity contribution >= 4 is 28.2 Å². The minimum Gasteiger partial charge on any atom is -0.384 e. The van der Waals surface area contributed by atoms with Crippen molar-refractivity contribution < 1.29 is 0 Å². The summed E-state index contributed by atoms with van der Waals surface area (Å²) in [6.07, 6.45) is 2.93. The average molecular weight is 547 g/mol. The lowest BCUT2D eigenvalue weighted by Gasteiger charge is -2.49. The van der Waals surface area contributed by atoms with Gasteiger partial charge < -0.3 is 10.2 Å². The second kappa shape index (κ2) is 12.2. The normalized spacial score (nSPS) is 14.8. The Morgan fingerprint density at radius 3 is 1.85 bits per heavy atom. The zero-order valence-corrected chi connectivity index (χ0v) is 23.5. The fraction of sp³-hybridized carbons (Fsp3) is 0.229. The van der Waals surface area contributed by atoms with Gasteiger partial charge in [0.1, 0.15) is 0 Å². The number of nitrogens with zero attached hydrogens (tertiary/aromatic N) is 3. The molecule has 1 N–H and O–H groups in total. The van der Waals surface area contributed by atoms with E-state index in [4.69, 9.17) is 11.6 Å². The van der Waals surface area contributed by atoms with E-state index in [1.54, 1.807) is 0 Å². The molecular formula is C35H35ClN4. The highest BCUT2D eigenvalue weighted by Gasteiger charge is 2.42.